The summed E-state index contributed by atoms with van der Waals surface area (Å²) in [6.07, 6.45) is 3.34. The van der Waals surface area contributed by atoms with E-state index >= 15 is 0 Å². The first-order valence-corrected chi connectivity index (χ1v) is 5.19. The van der Waals surface area contributed by atoms with E-state index in [1.807, 2.05) is 0 Å². The quantitative estimate of drug-likeness (QED) is 0.486. The average Bonchev–Trinajstić information content (AvgIpc) is 2.16. The van der Waals surface area contributed by atoms with Crippen molar-refractivity contribution in [2.24, 2.45) is 22.7 Å². The van der Waals surface area contributed by atoms with Crippen molar-refractivity contribution in [1.29, 1.82) is 0 Å². The molecule has 1 saturated carbocycles. The van der Waals surface area contributed by atoms with Gasteiger partial charge in [0.15, 0.2) is 0 Å². The number of amides is 2. The molecule has 2 atom stereocenters. The van der Waals surface area contributed by atoms with E-state index in [1.54, 1.807) is 0 Å². The van der Waals surface area contributed by atoms with Crippen molar-refractivity contribution in [2.75, 3.05) is 0 Å². The van der Waals surface area contributed by atoms with Crippen LogP contribution in [0.3, 0.4) is 0 Å². The Morgan fingerprint density at radius 1 is 1.33 bits per heavy atom. The Morgan fingerprint density at radius 3 is 2.33 bits per heavy atom. The van der Waals surface area contributed by atoms with Gasteiger partial charge in [-0.05, 0) is 24.7 Å². The molecule has 5 nitrogen and oxygen atoms in total. The summed E-state index contributed by atoms with van der Waals surface area (Å²) in [6.45, 7) is 4.15. The fourth-order valence-corrected chi connectivity index (χ4v) is 1.90. The summed E-state index contributed by atoms with van der Waals surface area (Å²) in [7, 11) is 0. The monoisotopic (exact) mass is 211 g/mol. The van der Waals surface area contributed by atoms with Gasteiger partial charge in [-0.2, -0.15) is 5.10 Å². The van der Waals surface area contributed by atoms with Crippen molar-refractivity contribution in [3.8, 4) is 0 Å². The molecule has 0 aromatic heterocycles. The van der Waals surface area contributed by atoms with Crippen molar-refractivity contribution >= 4 is 17.5 Å². The van der Waals surface area contributed by atoms with Crippen molar-refractivity contribution in [3.63, 3.8) is 0 Å². The number of nitrogens with zero attached hydrogens (tertiary/aromatic N) is 1. The van der Waals surface area contributed by atoms with Gasteiger partial charge < -0.3 is 5.73 Å². The van der Waals surface area contributed by atoms with Crippen molar-refractivity contribution in [2.45, 2.75) is 33.1 Å². The maximum atomic E-state index is 10.9. The predicted octanol–water partition coefficient (Wildman–Crippen LogP) is 0.400. The topological polar surface area (TPSA) is 84.6 Å². The second-order valence-electron chi connectivity index (χ2n) is 4.07. The van der Waals surface area contributed by atoms with E-state index in [2.05, 4.69) is 24.4 Å². The highest BCUT2D eigenvalue weighted by Crippen LogP contribution is 2.25. The second-order valence-corrected chi connectivity index (χ2v) is 4.07. The van der Waals surface area contributed by atoms with Gasteiger partial charge in [-0.3, -0.25) is 9.59 Å². The van der Waals surface area contributed by atoms with Crippen LogP contribution in [0.25, 0.3) is 0 Å². The molecule has 1 aliphatic carbocycles. The lowest BCUT2D eigenvalue weighted by molar-refractivity contribution is -0.137. The Labute approximate surface area is 89.1 Å². The molecule has 1 aliphatic rings. The van der Waals surface area contributed by atoms with Crippen molar-refractivity contribution < 1.29 is 9.59 Å². The van der Waals surface area contributed by atoms with Crippen LogP contribution in [-0.4, -0.2) is 17.5 Å². The molecule has 0 aliphatic heterocycles. The van der Waals surface area contributed by atoms with Crippen LogP contribution in [0.2, 0.25) is 0 Å². The zero-order valence-corrected chi connectivity index (χ0v) is 9.12. The zero-order chi connectivity index (χ0) is 11.4. The van der Waals surface area contributed by atoms with E-state index in [0.29, 0.717) is 11.8 Å². The van der Waals surface area contributed by atoms with Gasteiger partial charge in [-0.25, -0.2) is 5.43 Å². The van der Waals surface area contributed by atoms with E-state index in [0.717, 1.165) is 18.6 Å². The maximum Gasteiger partial charge on any atom is 0.329 e. The maximum absolute atomic E-state index is 10.9. The largest absolute Gasteiger partial charge is 0.361 e. The molecule has 0 bridgehead atoms. The Hall–Kier alpha value is -1.39. The molecule has 84 valence electrons. The summed E-state index contributed by atoms with van der Waals surface area (Å²) in [5.41, 5.74) is 7.94. The highest BCUT2D eigenvalue weighted by molar-refractivity contribution is 6.34. The smallest absolute Gasteiger partial charge is 0.329 e. The molecule has 1 fully saturated rings. The number of primary amides is 1. The molecule has 0 unspecified atom stereocenters. The van der Waals surface area contributed by atoms with Gasteiger partial charge in [-0.15, -0.1) is 0 Å². The number of rotatable bonds is 1. The Morgan fingerprint density at radius 2 is 1.87 bits per heavy atom. The Balaban J connectivity index is 2.63. The van der Waals surface area contributed by atoms with Crippen molar-refractivity contribution in [1.82, 2.24) is 5.43 Å². The minimum absolute atomic E-state index is 0.363. The van der Waals surface area contributed by atoms with Gasteiger partial charge in [0.05, 0.1) is 0 Å². The fourth-order valence-electron chi connectivity index (χ4n) is 1.90. The highest BCUT2D eigenvalue weighted by atomic mass is 16.2. The lowest BCUT2D eigenvalue weighted by Crippen LogP contribution is -2.35. The van der Waals surface area contributed by atoms with Gasteiger partial charge in [-0.1, -0.05) is 20.3 Å². The van der Waals surface area contributed by atoms with Crippen LogP contribution in [-0.2, 0) is 9.59 Å². The van der Waals surface area contributed by atoms with Crippen LogP contribution in [0.1, 0.15) is 33.1 Å². The zero-order valence-electron chi connectivity index (χ0n) is 9.12. The molecule has 0 saturated heterocycles. The lowest BCUT2D eigenvalue weighted by atomic mass is 9.81. The summed E-state index contributed by atoms with van der Waals surface area (Å²) < 4.78 is 0. The number of hydrogen-bond acceptors (Lipinski definition) is 3. The summed E-state index contributed by atoms with van der Waals surface area (Å²) in [4.78, 5) is 21.4. The second kappa shape index (κ2) is 4.91. The Bertz CT molecular complexity index is 287. The fraction of sp³-hybridized carbons (Fsp3) is 0.700. The molecule has 0 aromatic rings. The molecule has 0 aromatic carbocycles. The summed E-state index contributed by atoms with van der Waals surface area (Å²) in [5.74, 6) is -1.13. The summed E-state index contributed by atoms with van der Waals surface area (Å²) in [6, 6.07) is 0. The molecule has 2 amide bonds. The van der Waals surface area contributed by atoms with E-state index in [-0.39, 0.29) is 0 Å². The van der Waals surface area contributed by atoms with E-state index < -0.39 is 11.8 Å². The molecule has 0 spiro atoms. The van der Waals surface area contributed by atoms with Gasteiger partial charge in [0.25, 0.3) is 0 Å². The number of hydrogen-bond donors (Lipinski definition) is 2. The minimum Gasteiger partial charge on any atom is -0.361 e. The number of carbonyl (C=O) groups is 2. The van der Waals surface area contributed by atoms with E-state index in [9.17, 15) is 9.59 Å². The minimum atomic E-state index is -1.00. The molecule has 1 rings (SSSR count). The lowest BCUT2D eigenvalue weighted by Gasteiger charge is -2.26. The van der Waals surface area contributed by atoms with Crippen LogP contribution in [0.5, 0.6) is 0 Å². The first-order chi connectivity index (χ1) is 7.02. The SMILES string of the molecule is C[C@@H]1CCC[C@H](C)C1=NNC(=O)C(N)=O. The number of nitrogens with one attached hydrogen (secondary N) is 1. The van der Waals surface area contributed by atoms with Gasteiger partial charge in [0, 0.05) is 5.71 Å². The van der Waals surface area contributed by atoms with Gasteiger partial charge >= 0.3 is 11.8 Å². The third-order valence-electron chi connectivity index (χ3n) is 2.79. The molecule has 3 N–H and O–H groups in total. The highest BCUT2D eigenvalue weighted by Gasteiger charge is 2.23. The number of nitrogens with two attached hydrogens (primary N) is 1. The van der Waals surface area contributed by atoms with Crippen LogP contribution in [0, 0.1) is 11.8 Å². The van der Waals surface area contributed by atoms with Crippen LogP contribution in [0.15, 0.2) is 5.10 Å². The van der Waals surface area contributed by atoms with Crippen molar-refractivity contribution in [3.05, 3.63) is 0 Å². The third-order valence-corrected chi connectivity index (χ3v) is 2.79. The molecular formula is C10H17N3O2. The molecule has 0 heterocycles. The normalized spacial score (nSPS) is 28.8. The predicted molar refractivity (Wildman–Crippen MR) is 57.0 cm³/mol. The van der Waals surface area contributed by atoms with Crippen LogP contribution in [0.4, 0.5) is 0 Å². The molecule has 15 heavy (non-hydrogen) atoms. The Kier molecular flexibility index (Phi) is 3.82. The third kappa shape index (κ3) is 3.04. The van der Waals surface area contributed by atoms with E-state index in [1.165, 1.54) is 6.42 Å². The van der Waals surface area contributed by atoms with Crippen LogP contribution < -0.4 is 11.2 Å². The summed E-state index contributed by atoms with van der Waals surface area (Å²) in [5, 5.41) is 3.98. The first kappa shape index (κ1) is 11.7. The number of hydrazone groups is 1. The molecule has 0 radical (unpaired) electrons. The average molecular weight is 211 g/mol. The number of carbonyl (C=O) groups excluding carboxylic acids is 2. The van der Waals surface area contributed by atoms with Gasteiger partial charge in [0.1, 0.15) is 0 Å². The molecule has 5 heteroatoms. The van der Waals surface area contributed by atoms with Gasteiger partial charge in [0.2, 0.25) is 0 Å². The summed E-state index contributed by atoms with van der Waals surface area (Å²) >= 11 is 0. The first-order valence-electron chi connectivity index (χ1n) is 5.19. The molecular weight excluding hydrogens is 194 g/mol. The standard InChI is InChI=1S/C10H17N3O2/c1-6-4-3-5-7(2)8(6)12-13-10(15)9(11)14/h6-7H,3-5H2,1-2H3,(H2,11,14)(H,13,15)/t6-,7+. The van der Waals surface area contributed by atoms with E-state index in [4.69, 9.17) is 5.73 Å². The van der Waals surface area contributed by atoms with Crippen LogP contribution >= 0.6 is 0 Å².